The summed E-state index contributed by atoms with van der Waals surface area (Å²) in [5.41, 5.74) is 3.08. The first-order valence-electron chi connectivity index (χ1n) is 10.3. The highest BCUT2D eigenvalue weighted by molar-refractivity contribution is 8.05. The zero-order chi connectivity index (χ0) is 23.4. The summed E-state index contributed by atoms with van der Waals surface area (Å²) in [7, 11) is 0. The molecule has 0 bridgehead atoms. The van der Waals surface area contributed by atoms with Crippen LogP contribution in [0.15, 0.2) is 89.5 Å². The number of benzene rings is 3. The fourth-order valence-corrected chi connectivity index (χ4v) is 4.91. The molecule has 4 rings (SSSR count). The summed E-state index contributed by atoms with van der Waals surface area (Å²) < 4.78 is 0. The van der Waals surface area contributed by atoms with Gasteiger partial charge in [-0.05, 0) is 55.3 Å². The van der Waals surface area contributed by atoms with Crippen molar-refractivity contribution in [3.63, 3.8) is 0 Å². The fraction of sp³-hybridized carbons (Fsp3) is 0.115. The van der Waals surface area contributed by atoms with Crippen molar-refractivity contribution in [1.29, 1.82) is 5.26 Å². The summed E-state index contributed by atoms with van der Waals surface area (Å²) in [4.78, 5) is 28.0. The van der Waals surface area contributed by atoms with Gasteiger partial charge >= 0.3 is 0 Å². The minimum atomic E-state index is -0.576. The molecule has 33 heavy (non-hydrogen) atoms. The van der Waals surface area contributed by atoms with Crippen LogP contribution in [-0.4, -0.2) is 17.1 Å². The van der Waals surface area contributed by atoms with Crippen LogP contribution >= 0.6 is 23.4 Å². The molecule has 1 saturated heterocycles. The van der Waals surface area contributed by atoms with Gasteiger partial charge in [0.1, 0.15) is 16.7 Å². The lowest BCUT2D eigenvalue weighted by Crippen LogP contribution is -2.30. The molecule has 7 heteroatoms. The molecule has 164 valence electrons. The maximum atomic E-state index is 13.5. The van der Waals surface area contributed by atoms with Gasteiger partial charge < -0.3 is 5.32 Å². The first kappa shape index (κ1) is 22.7. The van der Waals surface area contributed by atoms with Crippen molar-refractivity contribution >= 4 is 46.6 Å². The first-order valence-corrected chi connectivity index (χ1v) is 11.5. The lowest BCUT2D eigenvalue weighted by atomic mass is 10.1. The Bertz CT molecular complexity index is 1250. The van der Waals surface area contributed by atoms with Crippen molar-refractivity contribution in [1.82, 2.24) is 0 Å². The Hall–Kier alpha value is -3.53. The first-order chi connectivity index (χ1) is 16.0. The van der Waals surface area contributed by atoms with Crippen molar-refractivity contribution in [3.05, 3.63) is 106 Å². The number of hydrogen-bond acceptors (Lipinski definition) is 4. The van der Waals surface area contributed by atoms with Crippen LogP contribution in [0.1, 0.15) is 11.1 Å². The fourth-order valence-electron chi connectivity index (χ4n) is 3.47. The zero-order valence-corrected chi connectivity index (χ0v) is 19.4. The van der Waals surface area contributed by atoms with Gasteiger partial charge in [-0.3, -0.25) is 14.5 Å². The number of nitriles is 1. The Kier molecular flexibility index (Phi) is 6.83. The molecule has 0 saturated carbocycles. The third-order valence-corrected chi connectivity index (χ3v) is 6.68. The van der Waals surface area contributed by atoms with Gasteiger partial charge in [-0.1, -0.05) is 71.4 Å². The van der Waals surface area contributed by atoms with E-state index in [-0.39, 0.29) is 11.5 Å². The molecule has 0 spiro atoms. The molecular formula is C26H20ClN3O2S. The molecule has 1 fully saturated rings. The van der Waals surface area contributed by atoms with Crippen LogP contribution in [0.3, 0.4) is 0 Å². The molecule has 2 amide bonds. The highest BCUT2D eigenvalue weighted by Gasteiger charge is 2.40. The molecule has 0 radical (unpaired) electrons. The second-order valence-corrected chi connectivity index (χ2v) is 9.19. The van der Waals surface area contributed by atoms with Gasteiger partial charge in [0, 0.05) is 16.4 Å². The third-order valence-electron chi connectivity index (χ3n) is 5.16. The molecule has 0 unspecified atom stereocenters. The van der Waals surface area contributed by atoms with Crippen LogP contribution in [0, 0.1) is 18.3 Å². The van der Waals surface area contributed by atoms with E-state index in [1.54, 1.807) is 24.3 Å². The minimum Gasteiger partial charge on any atom is -0.321 e. The van der Waals surface area contributed by atoms with Crippen molar-refractivity contribution in [2.24, 2.45) is 0 Å². The van der Waals surface area contributed by atoms with Gasteiger partial charge in [0.25, 0.3) is 5.91 Å². The number of nitrogens with zero attached hydrogens (tertiary/aromatic N) is 2. The average Bonchev–Trinajstić information content (AvgIpc) is 3.12. The van der Waals surface area contributed by atoms with Crippen LogP contribution in [0.2, 0.25) is 5.02 Å². The molecule has 1 aliphatic rings. The van der Waals surface area contributed by atoms with E-state index in [1.165, 1.54) is 16.7 Å². The highest BCUT2D eigenvalue weighted by Crippen LogP contribution is 2.42. The molecule has 3 aromatic carbocycles. The quantitative estimate of drug-likeness (QED) is 0.380. The normalized spacial score (nSPS) is 16.9. The van der Waals surface area contributed by atoms with Crippen molar-refractivity contribution in [2.75, 3.05) is 10.2 Å². The Morgan fingerprint density at radius 2 is 1.73 bits per heavy atom. The lowest BCUT2D eigenvalue weighted by molar-refractivity contribution is -0.117. The van der Waals surface area contributed by atoms with Crippen LogP contribution in [-0.2, 0) is 16.0 Å². The zero-order valence-electron chi connectivity index (χ0n) is 17.8. The van der Waals surface area contributed by atoms with E-state index in [4.69, 9.17) is 11.6 Å². The number of hydrogen-bond donors (Lipinski definition) is 1. The predicted molar refractivity (Wildman–Crippen MR) is 133 cm³/mol. The van der Waals surface area contributed by atoms with Crippen LogP contribution in [0.5, 0.6) is 0 Å². The van der Waals surface area contributed by atoms with E-state index in [1.807, 2.05) is 67.6 Å². The van der Waals surface area contributed by atoms with Crippen LogP contribution in [0.4, 0.5) is 11.4 Å². The van der Waals surface area contributed by atoms with Crippen LogP contribution in [0.25, 0.3) is 0 Å². The summed E-state index contributed by atoms with van der Waals surface area (Å²) in [6.45, 7) is 1.96. The largest absolute Gasteiger partial charge is 0.321 e. The van der Waals surface area contributed by atoms with Crippen molar-refractivity contribution in [2.45, 2.75) is 18.6 Å². The maximum Gasteiger partial charge on any atom is 0.269 e. The molecule has 0 aliphatic carbocycles. The Morgan fingerprint density at radius 1 is 1.06 bits per heavy atom. The number of nitrogens with one attached hydrogen (secondary N) is 1. The number of carbonyl (C=O) groups excluding carboxylic acids is 2. The van der Waals surface area contributed by atoms with Crippen molar-refractivity contribution in [3.8, 4) is 6.07 Å². The van der Waals surface area contributed by atoms with E-state index in [0.29, 0.717) is 27.8 Å². The monoisotopic (exact) mass is 473 g/mol. The minimum absolute atomic E-state index is 0.112. The summed E-state index contributed by atoms with van der Waals surface area (Å²) >= 11 is 7.16. The number of thioether (sulfide) groups is 1. The number of anilines is 2. The second-order valence-electron chi connectivity index (χ2n) is 7.56. The van der Waals surface area contributed by atoms with E-state index < -0.39 is 11.2 Å². The number of carbonyl (C=O) groups is 2. The Labute approximate surface area is 201 Å². The Balaban J connectivity index is 1.72. The van der Waals surface area contributed by atoms with Gasteiger partial charge in [-0.15, -0.1) is 0 Å². The van der Waals surface area contributed by atoms with E-state index in [0.717, 1.165) is 11.1 Å². The summed E-state index contributed by atoms with van der Waals surface area (Å²) in [5, 5.41) is 13.1. The number of amides is 2. The molecular weight excluding hydrogens is 454 g/mol. The summed E-state index contributed by atoms with van der Waals surface area (Å²) in [6, 6.07) is 25.8. The van der Waals surface area contributed by atoms with E-state index >= 15 is 0 Å². The smallest absolute Gasteiger partial charge is 0.269 e. The van der Waals surface area contributed by atoms with E-state index in [9.17, 15) is 14.9 Å². The second kappa shape index (κ2) is 9.95. The SMILES string of the molecule is Cc1ccc(N2C(=O)[C@H](Cc3ccccc3)S/C2=C(/C#N)C(=O)Nc2ccc(Cl)cc2)cc1. The molecule has 5 nitrogen and oxygen atoms in total. The molecule has 3 aromatic rings. The van der Waals surface area contributed by atoms with Crippen molar-refractivity contribution < 1.29 is 9.59 Å². The molecule has 0 aromatic heterocycles. The Morgan fingerprint density at radius 3 is 2.36 bits per heavy atom. The van der Waals surface area contributed by atoms with Gasteiger partial charge in [0.2, 0.25) is 5.91 Å². The maximum absolute atomic E-state index is 13.5. The van der Waals surface area contributed by atoms with E-state index in [2.05, 4.69) is 5.32 Å². The standard InChI is InChI=1S/C26H20ClN3O2S/c1-17-7-13-21(14-8-17)30-25(32)23(15-18-5-3-2-4-6-18)33-26(30)22(16-28)24(31)29-20-11-9-19(27)10-12-20/h2-14,23H,15H2,1H3,(H,29,31)/b26-22-/t23-/m0/s1. The third kappa shape index (κ3) is 5.11. The van der Waals surface area contributed by atoms with Gasteiger partial charge in [0.05, 0.1) is 5.25 Å². The highest BCUT2D eigenvalue weighted by atomic mass is 35.5. The number of aryl methyl sites for hydroxylation is 1. The molecule has 1 aliphatic heterocycles. The average molecular weight is 474 g/mol. The molecule has 1 heterocycles. The number of halogens is 1. The summed E-state index contributed by atoms with van der Waals surface area (Å²) in [5.74, 6) is -0.734. The topological polar surface area (TPSA) is 73.2 Å². The van der Waals surface area contributed by atoms with Gasteiger partial charge in [0.15, 0.2) is 0 Å². The van der Waals surface area contributed by atoms with Crippen LogP contribution < -0.4 is 10.2 Å². The predicted octanol–water partition coefficient (Wildman–Crippen LogP) is 5.71. The number of rotatable bonds is 5. The van der Waals surface area contributed by atoms with Gasteiger partial charge in [-0.2, -0.15) is 5.26 Å². The van der Waals surface area contributed by atoms with Gasteiger partial charge in [-0.25, -0.2) is 0 Å². The lowest BCUT2D eigenvalue weighted by Gasteiger charge is -2.19. The summed E-state index contributed by atoms with van der Waals surface area (Å²) in [6.07, 6.45) is 0.494. The molecule has 1 atom stereocenters. The molecule has 1 N–H and O–H groups in total.